The number of nitrogens with two attached hydrogens (primary N) is 1. The van der Waals surface area contributed by atoms with E-state index in [1.807, 2.05) is 6.92 Å². The van der Waals surface area contributed by atoms with Gasteiger partial charge >= 0.3 is 5.97 Å². The number of hydrogen-bond acceptors (Lipinski definition) is 4. The summed E-state index contributed by atoms with van der Waals surface area (Å²) in [6.07, 6.45) is 5.75. The monoisotopic (exact) mass is 284 g/mol. The molecule has 0 heterocycles. The molecule has 2 unspecified atom stereocenters. The Bertz CT molecular complexity index is 310. The third-order valence-electron chi connectivity index (χ3n) is 4.72. The molecule has 4 nitrogen and oxygen atoms in total. The zero-order valence-electron chi connectivity index (χ0n) is 13.8. The molecule has 0 aromatic carbocycles. The van der Waals surface area contributed by atoms with E-state index in [0.717, 1.165) is 5.92 Å². The molecule has 0 amide bonds. The van der Waals surface area contributed by atoms with E-state index in [9.17, 15) is 4.79 Å². The fraction of sp³-hybridized carbons (Fsp3) is 0.938. The van der Waals surface area contributed by atoms with E-state index >= 15 is 0 Å². The van der Waals surface area contributed by atoms with Crippen LogP contribution in [0.15, 0.2) is 0 Å². The molecule has 4 heteroatoms. The van der Waals surface area contributed by atoms with Gasteiger partial charge in [-0.25, -0.2) is 0 Å². The molecule has 20 heavy (non-hydrogen) atoms. The number of rotatable bonds is 6. The topological polar surface area (TPSA) is 55.6 Å². The normalized spacial score (nSPS) is 27.9. The standard InChI is InChI=1S/C16H32N2O2/c1-6-20-15(19)16(4,17)11-13(3)18(5)14-9-7-12(2)8-10-14/h12-14H,6-11,17H2,1-5H3. The molecular weight excluding hydrogens is 252 g/mol. The minimum Gasteiger partial charge on any atom is -0.465 e. The molecule has 118 valence electrons. The maximum atomic E-state index is 11.9. The van der Waals surface area contributed by atoms with Gasteiger partial charge in [-0.1, -0.05) is 6.92 Å². The van der Waals surface area contributed by atoms with Gasteiger partial charge < -0.3 is 15.4 Å². The maximum Gasteiger partial charge on any atom is 0.325 e. The summed E-state index contributed by atoms with van der Waals surface area (Å²) in [5, 5.41) is 0. The van der Waals surface area contributed by atoms with Crippen molar-refractivity contribution in [2.45, 2.75) is 77.4 Å². The van der Waals surface area contributed by atoms with Crippen LogP contribution in [0.3, 0.4) is 0 Å². The molecule has 2 N–H and O–H groups in total. The van der Waals surface area contributed by atoms with Gasteiger partial charge in [0.1, 0.15) is 5.54 Å². The number of carbonyl (C=O) groups excluding carboxylic acids is 1. The molecule has 0 aromatic rings. The SMILES string of the molecule is CCOC(=O)C(C)(N)CC(C)N(C)C1CCC(C)CC1. The first-order valence-electron chi connectivity index (χ1n) is 7.96. The van der Waals surface area contributed by atoms with Crippen molar-refractivity contribution in [1.82, 2.24) is 4.90 Å². The summed E-state index contributed by atoms with van der Waals surface area (Å²) in [7, 11) is 2.16. The first-order chi connectivity index (χ1) is 9.27. The van der Waals surface area contributed by atoms with E-state index in [-0.39, 0.29) is 12.0 Å². The quantitative estimate of drug-likeness (QED) is 0.762. The fourth-order valence-electron chi connectivity index (χ4n) is 3.15. The summed E-state index contributed by atoms with van der Waals surface area (Å²) < 4.78 is 5.06. The summed E-state index contributed by atoms with van der Waals surface area (Å²) in [6.45, 7) is 8.46. The molecule has 2 atom stereocenters. The minimum absolute atomic E-state index is 0.285. The van der Waals surface area contributed by atoms with Crippen LogP contribution >= 0.6 is 0 Å². The summed E-state index contributed by atoms with van der Waals surface area (Å²) in [4.78, 5) is 14.3. The summed E-state index contributed by atoms with van der Waals surface area (Å²) in [6, 6.07) is 0.909. The number of nitrogens with zero attached hydrogens (tertiary/aromatic N) is 1. The molecule has 1 saturated carbocycles. The smallest absolute Gasteiger partial charge is 0.325 e. The van der Waals surface area contributed by atoms with E-state index in [1.54, 1.807) is 6.92 Å². The second kappa shape index (κ2) is 7.41. The van der Waals surface area contributed by atoms with Gasteiger partial charge in [0.15, 0.2) is 0 Å². The highest BCUT2D eigenvalue weighted by atomic mass is 16.5. The van der Waals surface area contributed by atoms with Gasteiger partial charge in [0.25, 0.3) is 0 Å². The average molecular weight is 284 g/mol. The Kier molecular flexibility index (Phi) is 6.46. The van der Waals surface area contributed by atoms with Crippen LogP contribution < -0.4 is 5.73 Å². The molecule has 0 aliphatic heterocycles. The average Bonchev–Trinajstić information content (AvgIpc) is 2.38. The van der Waals surface area contributed by atoms with Gasteiger partial charge in [0.05, 0.1) is 6.61 Å². The second-order valence-corrected chi connectivity index (χ2v) is 6.77. The zero-order chi connectivity index (χ0) is 15.3. The number of ether oxygens (including phenoxy) is 1. The van der Waals surface area contributed by atoms with Crippen LogP contribution in [-0.4, -0.2) is 42.1 Å². The van der Waals surface area contributed by atoms with Gasteiger partial charge in [-0.15, -0.1) is 0 Å². The van der Waals surface area contributed by atoms with Gasteiger partial charge in [-0.3, -0.25) is 4.79 Å². The van der Waals surface area contributed by atoms with Crippen molar-refractivity contribution < 1.29 is 9.53 Å². The van der Waals surface area contributed by atoms with Crippen molar-refractivity contribution in [3.63, 3.8) is 0 Å². The van der Waals surface area contributed by atoms with Crippen LogP contribution in [0, 0.1) is 5.92 Å². The third kappa shape index (κ3) is 4.74. The van der Waals surface area contributed by atoms with Crippen molar-refractivity contribution in [2.24, 2.45) is 11.7 Å². The molecule has 1 rings (SSSR count). The molecule has 1 fully saturated rings. The highest BCUT2D eigenvalue weighted by Gasteiger charge is 2.34. The Hall–Kier alpha value is -0.610. The van der Waals surface area contributed by atoms with Gasteiger partial charge in [0.2, 0.25) is 0 Å². The van der Waals surface area contributed by atoms with Crippen LogP contribution in [0.25, 0.3) is 0 Å². The molecule has 0 saturated heterocycles. The largest absolute Gasteiger partial charge is 0.465 e. The Morgan fingerprint density at radius 1 is 1.40 bits per heavy atom. The fourth-order valence-corrected chi connectivity index (χ4v) is 3.15. The first-order valence-corrected chi connectivity index (χ1v) is 7.96. The maximum absolute atomic E-state index is 11.9. The second-order valence-electron chi connectivity index (χ2n) is 6.77. The van der Waals surface area contributed by atoms with Crippen molar-refractivity contribution in [3.05, 3.63) is 0 Å². The van der Waals surface area contributed by atoms with Gasteiger partial charge in [-0.05, 0) is 65.8 Å². The molecule has 0 aromatic heterocycles. The Morgan fingerprint density at radius 3 is 2.45 bits per heavy atom. The molecule has 1 aliphatic rings. The van der Waals surface area contributed by atoms with E-state index in [0.29, 0.717) is 19.1 Å². The summed E-state index contributed by atoms with van der Waals surface area (Å²) in [5.74, 6) is 0.562. The van der Waals surface area contributed by atoms with E-state index in [4.69, 9.17) is 10.5 Å². The van der Waals surface area contributed by atoms with Crippen LogP contribution in [-0.2, 0) is 9.53 Å². The lowest BCUT2D eigenvalue weighted by molar-refractivity contribution is -0.149. The van der Waals surface area contributed by atoms with Crippen molar-refractivity contribution in [3.8, 4) is 0 Å². The van der Waals surface area contributed by atoms with Crippen LogP contribution in [0.1, 0.15) is 59.8 Å². The number of esters is 1. The lowest BCUT2D eigenvalue weighted by atomic mass is 9.85. The minimum atomic E-state index is -0.897. The van der Waals surface area contributed by atoms with Crippen molar-refractivity contribution in [1.29, 1.82) is 0 Å². The predicted octanol–water partition coefficient (Wildman–Crippen LogP) is 2.56. The van der Waals surface area contributed by atoms with E-state index < -0.39 is 5.54 Å². The van der Waals surface area contributed by atoms with Crippen molar-refractivity contribution in [2.75, 3.05) is 13.7 Å². The molecular formula is C16H32N2O2. The van der Waals surface area contributed by atoms with E-state index in [1.165, 1.54) is 25.7 Å². The highest BCUT2D eigenvalue weighted by molar-refractivity contribution is 5.80. The highest BCUT2D eigenvalue weighted by Crippen LogP contribution is 2.28. The van der Waals surface area contributed by atoms with Crippen LogP contribution in [0.2, 0.25) is 0 Å². The molecule has 1 aliphatic carbocycles. The lowest BCUT2D eigenvalue weighted by Gasteiger charge is -2.39. The molecule has 0 radical (unpaired) electrons. The molecule has 0 spiro atoms. The van der Waals surface area contributed by atoms with Gasteiger partial charge in [0, 0.05) is 12.1 Å². The lowest BCUT2D eigenvalue weighted by Crippen LogP contribution is -2.52. The Balaban J connectivity index is 2.52. The molecule has 0 bridgehead atoms. The van der Waals surface area contributed by atoms with E-state index in [2.05, 4.69) is 25.8 Å². The van der Waals surface area contributed by atoms with Gasteiger partial charge in [-0.2, -0.15) is 0 Å². The number of carbonyl (C=O) groups is 1. The number of hydrogen-bond donors (Lipinski definition) is 1. The predicted molar refractivity (Wildman–Crippen MR) is 82.5 cm³/mol. The van der Waals surface area contributed by atoms with Crippen LogP contribution in [0.4, 0.5) is 0 Å². The van der Waals surface area contributed by atoms with Crippen molar-refractivity contribution >= 4 is 5.97 Å². The third-order valence-corrected chi connectivity index (χ3v) is 4.72. The van der Waals surface area contributed by atoms with Crippen LogP contribution in [0.5, 0.6) is 0 Å². The Labute approximate surface area is 124 Å². The summed E-state index contributed by atoms with van der Waals surface area (Å²) in [5.41, 5.74) is 5.24. The first kappa shape index (κ1) is 17.4. The summed E-state index contributed by atoms with van der Waals surface area (Å²) >= 11 is 0. The Morgan fingerprint density at radius 2 is 1.95 bits per heavy atom. The zero-order valence-corrected chi connectivity index (χ0v) is 13.8.